The minimum atomic E-state index is 0.123. The summed E-state index contributed by atoms with van der Waals surface area (Å²) in [6.45, 7) is 6.89. The van der Waals surface area contributed by atoms with Crippen molar-refractivity contribution < 1.29 is 4.74 Å². The second-order valence-electron chi connectivity index (χ2n) is 6.40. The molecule has 0 atom stereocenters. The van der Waals surface area contributed by atoms with Crippen molar-refractivity contribution in [1.29, 1.82) is 5.26 Å². The minimum Gasteiger partial charge on any atom is -0.493 e. The summed E-state index contributed by atoms with van der Waals surface area (Å²) in [5.41, 5.74) is 1.33. The number of rotatable bonds is 8. The summed E-state index contributed by atoms with van der Waals surface area (Å²) < 4.78 is 7.01. The first-order chi connectivity index (χ1) is 10.0. The van der Waals surface area contributed by atoms with Crippen LogP contribution in [0.25, 0.3) is 0 Å². The highest BCUT2D eigenvalue weighted by atomic mass is 79.9. The quantitative estimate of drug-likeness (QED) is 0.761. The Hall–Kier alpha value is -1.05. The molecule has 0 unspecified atom stereocenters. The van der Waals surface area contributed by atoms with E-state index in [1.807, 2.05) is 12.1 Å². The van der Waals surface area contributed by atoms with Crippen LogP contribution in [0.4, 0.5) is 0 Å². The van der Waals surface area contributed by atoms with E-state index in [-0.39, 0.29) is 5.41 Å². The topological polar surface area (TPSA) is 45.0 Å². The molecule has 3 nitrogen and oxygen atoms in total. The van der Waals surface area contributed by atoms with Gasteiger partial charge in [-0.2, -0.15) is 5.26 Å². The van der Waals surface area contributed by atoms with Gasteiger partial charge < -0.3 is 10.1 Å². The third-order valence-corrected chi connectivity index (χ3v) is 4.62. The van der Waals surface area contributed by atoms with E-state index in [9.17, 15) is 0 Å². The molecule has 0 aromatic heterocycles. The van der Waals surface area contributed by atoms with Crippen molar-refractivity contribution in [3.63, 3.8) is 0 Å². The largest absolute Gasteiger partial charge is 0.493 e. The Morgan fingerprint density at radius 1 is 1.43 bits per heavy atom. The van der Waals surface area contributed by atoms with E-state index in [0.29, 0.717) is 18.9 Å². The first-order valence-corrected chi connectivity index (χ1v) is 8.33. The van der Waals surface area contributed by atoms with Gasteiger partial charge in [-0.25, -0.2) is 0 Å². The van der Waals surface area contributed by atoms with E-state index >= 15 is 0 Å². The van der Waals surface area contributed by atoms with Crippen LogP contribution in [0.2, 0.25) is 0 Å². The number of halogens is 1. The molecule has 0 radical (unpaired) electrons. The summed E-state index contributed by atoms with van der Waals surface area (Å²) in [4.78, 5) is 0. The van der Waals surface area contributed by atoms with Crippen LogP contribution >= 0.6 is 15.9 Å². The lowest BCUT2D eigenvalue weighted by atomic mass is 10.1. The third kappa shape index (κ3) is 5.01. The van der Waals surface area contributed by atoms with Gasteiger partial charge in [-0.1, -0.05) is 29.8 Å². The van der Waals surface area contributed by atoms with Crippen LogP contribution in [0, 0.1) is 22.7 Å². The second-order valence-corrected chi connectivity index (χ2v) is 7.26. The van der Waals surface area contributed by atoms with Crippen LogP contribution in [0.1, 0.15) is 38.7 Å². The molecule has 2 rings (SSSR count). The van der Waals surface area contributed by atoms with Crippen LogP contribution in [0.3, 0.4) is 0 Å². The second kappa shape index (κ2) is 7.29. The molecule has 1 aliphatic carbocycles. The van der Waals surface area contributed by atoms with Gasteiger partial charge in [0.15, 0.2) is 0 Å². The van der Waals surface area contributed by atoms with Gasteiger partial charge in [0, 0.05) is 22.9 Å². The van der Waals surface area contributed by atoms with Crippen LogP contribution in [-0.4, -0.2) is 13.2 Å². The van der Waals surface area contributed by atoms with Crippen LogP contribution in [0.5, 0.6) is 5.75 Å². The fraction of sp³-hybridized carbons (Fsp3) is 0.588. The Morgan fingerprint density at radius 2 is 2.19 bits per heavy atom. The molecule has 0 bridgehead atoms. The van der Waals surface area contributed by atoms with Crippen molar-refractivity contribution in [3.8, 4) is 11.8 Å². The molecule has 1 saturated carbocycles. The molecule has 1 aliphatic rings. The molecule has 0 spiro atoms. The van der Waals surface area contributed by atoms with Crippen molar-refractivity contribution >= 4 is 15.9 Å². The number of nitriles is 1. The van der Waals surface area contributed by atoms with E-state index < -0.39 is 0 Å². The smallest absolute Gasteiger partial charge is 0.119 e. The SMILES string of the molecule is CC(C)CNCc1cc(OCC2(CC#N)CC2)ccc1Br. The number of ether oxygens (including phenoxy) is 1. The molecule has 0 heterocycles. The van der Waals surface area contributed by atoms with Gasteiger partial charge in [-0.3, -0.25) is 0 Å². The highest BCUT2D eigenvalue weighted by Gasteiger charge is 2.43. The standard InChI is InChI=1S/C17H23BrN2O/c1-13(2)10-20-11-14-9-15(3-4-16(14)18)21-12-17(5-6-17)7-8-19/h3-4,9,13,20H,5-7,10-12H2,1-2H3. The average Bonchev–Trinajstić information content (AvgIpc) is 3.20. The average molecular weight is 351 g/mol. The molecule has 1 aromatic carbocycles. The molecule has 21 heavy (non-hydrogen) atoms. The monoisotopic (exact) mass is 350 g/mol. The molecular formula is C17H23BrN2O. The first kappa shape index (κ1) is 16.3. The Balaban J connectivity index is 1.90. The normalized spacial score (nSPS) is 15.8. The van der Waals surface area contributed by atoms with E-state index in [0.717, 1.165) is 36.2 Å². The maximum Gasteiger partial charge on any atom is 0.119 e. The summed E-state index contributed by atoms with van der Waals surface area (Å²) in [7, 11) is 0. The fourth-order valence-electron chi connectivity index (χ4n) is 2.22. The Labute approximate surface area is 135 Å². The highest BCUT2D eigenvalue weighted by molar-refractivity contribution is 9.10. The number of benzene rings is 1. The summed E-state index contributed by atoms with van der Waals surface area (Å²) in [5, 5.41) is 12.3. The van der Waals surface area contributed by atoms with Crippen LogP contribution in [-0.2, 0) is 6.54 Å². The van der Waals surface area contributed by atoms with Crippen LogP contribution < -0.4 is 10.1 Å². The first-order valence-electron chi connectivity index (χ1n) is 7.53. The lowest BCUT2D eigenvalue weighted by Crippen LogP contribution is -2.19. The molecule has 4 heteroatoms. The van der Waals surface area contributed by atoms with Crippen molar-refractivity contribution in [2.45, 2.75) is 39.7 Å². The van der Waals surface area contributed by atoms with Crippen molar-refractivity contribution in [1.82, 2.24) is 5.32 Å². The summed E-state index contributed by atoms with van der Waals surface area (Å²) in [5.74, 6) is 1.53. The van der Waals surface area contributed by atoms with Crippen molar-refractivity contribution in [2.75, 3.05) is 13.2 Å². The van der Waals surface area contributed by atoms with E-state index in [2.05, 4.69) is 47.2 Å². The Bertz CT molecular complexity index is 518. The molecular weight excluding hydrogens is 328 g/mol. The predicted octanol–water partition coefficient (Wildman–Crippen LogP) is 4.27. The molecule has 0 saturated heterocycles. The predicted molar refractivity (Wildman–Crippen MR) is 88.1 cm³/mol. The number of hydrogen-bond donors (Lipinski definition) is 1. The Kier molecular flexibility index (Phi) is 5.66. The maximum absolute atomic E-state index is 8.84. The van der Waals surface area contributed by atoms with E-state index in [4.69, 9.17) is 10.00 Å². The van der Waals surface area contributed by atoms with Gasteiger partial charge in [0.25, 0.3) is 0 Å². The van der Waals surface area contributed by atoms with Gasteiger partial charge in [0.1, 0.15) is 5.75 Å². The fourth-order valence-corrected chi connectivity index (χ4v) is 2.61. The van der Waals surface area contributed by atoms with Gasteiger partial charge in [0.2, 0.25) is 0 Å². The highest BCUT2D eigenvalue weighted by Crippen LogP contribution is 2.48. The summed E-state index contributed by atoms with van der Waals surface area (Å²) in [6, 6.07) is 8.37. The molecule has 1 N–H and O–H groups in total. The van der Waals surface area contributed by atoms with Crippen molar-refractivity contribution in [2.24, 2.45) is 11.3 Å². The zero-order valence-corrected chi connectivity index (χ0v) is 14.4. The maximum atomic E-state index is 8.84. The number of hydrogen-bond acceptors (Lipinski definition) is 3. The van der Waals surface area contributed by atoms with Gasteiger partial charge in [-0.15, -0.1) is 0 Å². The third-order valence-electron chi connectivity index (χ3n) is 3.84. The zero-order chi connectivity index (χ0) is 15.3. The van der Waals surface area contributed by atoms with E-state index in [1.54, 1.807) is 0 Å². The number of nitrogens with zero attached hydrogens (tertiary/aromatic N) is 1. The number of nitrogens with one attached hydrogen (secondary N) is 1. The van der Waals surface area contributed by atoms with Gasteiger partial charge in [0.05, 0.1) is 12.7 Å². The minimum absolute atomic E-state index is 0.123. The Morgan fingerprint density at radius 3 is 2.81 bits per heavy atom. The van der Waals surface area contributed by atoms with E-state index in [1.165, 1.54) is 5.56 Å². The summed E-state index contributed by atoms with van der Waals surface area (Å²) >= 11 is 3.59. The molecule has 1 aromatic rings. The van der Waals surface area contributed by atoms with Crippen molar-refractivity contribution in [3.05, 3.63) is 28.2 Å². The van der Waals surface area contributed by atoms with Gasteiger partial charge >= 0.3 is 0 Å². The lowest BCUT2D eigenvalue weighted by Gasteiger charge is -2.15. The summed E-state index contributed by atoms with van der Waals surface area (Å²) in [6.07, 6.45) is 2.83. The van der Waals surface area contributed by atoms with Gasteiger partial charge in [-0.05, 0) is 49.1 Å². The van der Waals surface area contributed by atoms with Crippen LogP contribution in [0.15, 0.2) is 22.7 Å². The zero-order valence-electron chi connectivity index (χ0n) is 12.8. The lowest BCUT2D eigenvalue weighted by molar-refractivity contribution is 0.236. The molecule has 1 fully saturated rings. The molecule has 0 aliphatic heterocycles. The molecule has 114 valence electrons. The molecule has 0 amide bonds.